The number of benzene rings is 1. The number of piperidine rings is 1. The Morgan fingerprint density at radius 3 is 2.20 bits per heavy atom. The second-order valence-electron chi connectivity index (χ2n) is 7.33. The molecule has 4 nitrogen and oxygen atoms in total. The Labute approximate surface area is 146 Å². The standard InChI is InChI=1S/C18H25F3N2O2/c1-17(2,3)25-16(24)23-15(13-8-10-22-11-9-13)12-4-6-14(7-5-12)18(19,20)21/h4-7,13,15,22H,8-11H2,1-3H3,(H,23,24). The molecule has 1 atom stereocenters. The lowest BCUT2D eigenvalue weighted by atomic mass is 9.85. The summed E-state index contributed by atoms with van der Waals surface area (Å²) in [5.74, 6) is 0.144. The average Bonchev–Trinajstić information content (AvgIpc) is 2.51. The van der Waals surface area contributed by atoms with E-state index in [2.05, 4.69) is 10.6 Å². The number of ether oxygens (including phenoxy) is 1. The lowest BCUT2D eigenvalue weighted by Crippen LogP contribution is -2.41. The molecule has 1 aromatic carbocycles. The monoisotopic (exact) mass is 358 g/mol. The maximum absolute atomic E-state index is 12.8. The number of nitrogens with one attached hydrogen (secondary N) is 2. The smallest absolute Gasteiger partial charge is 0.416 e. The number of amides is 1. The van der Waals surface area contributed by atoms with E-state index in [1.165, 1.54) is 12.1 Å². The zero-order valence-corrected chi connectivity index (χ0v) is 14.7. The molecule has 0 saturated carbocycles. The highest BCUT2D eigenvalue weighted by Gasteiger charge is 2.32. The highest BCUT2D eigenvalue weighted by Crippen LogP contribution is 2.33. The SMILES string of the molecule is CC(C)(C)OC(=O)NC(c1ccc(C(F)(F)F)cc1)C1CCNCC1. The Bertz CT molecular complexity index is 573. The van der Waals surface area contributed by atoms with E-state index in [4.69, 9.17) is 4.74 Å². The van der Waals surface area contributed by atoms with Crippen molar-refractivity contribution in [1.82, 2.24) is 10.6 Å². The molecule has 1 fully saturated rings. The van der Waals surface area contributed by atoms with Gasteiger partial charge in [-0.1, -0.05) is 12.1 Å². The molecule has 0 bridgehead atoms. The van der Waals surface area contributed by atoms with Crippen LogP contribution < -0.4 is 10.6 Å². The first kappa shape index (κ1) is 19.6. The minimum absolute atomic E-state index is 0.144. The predicted molar refractivity (Wildman–Crippen MR) is 89.1 cm³/mol. The fourth-order valence-corrected chi connectivity index (χ4v) is 2.96. The van der Waals surface area contributed by atoms with Gasteiger partial charge >= 0.3 is 12.3 Å². The minimum Gasteiger partial charge on any atom is -0.444 e. The minimum atomic E-state index is -4.37. The molecular weight excluding hydrogens is 333 g/mol. The van der Waals surface area contributed by atoms with Gasteiger partial charge in [-0.05, 0) is 70.3 Å². The van der Waals surface area contributed by atoms with E-state index in [-0.39, 0.29) is 12.0 Å². The molecule has 0 radical (unpaired) electrons. The summed E-state index contributed by atoms with van der Waals surface area (Å²) in [6.45, 7) is 6.94. The van der Waals surface area contributed by atoms with Gasteiger partial charge in [0.1, 0.15) is 5.60 Å². The van der Waals surface area contributed by atoms with Gasteiger partial charge in [0, 0.05) is 0 Å². The summed E-state index contributed by atoms with van der Waals surface area (Å²) in [6, 6.07) is 4.61. The van der Waals surface area contributed by atoms with Crippen molar-refractivity contribution in [2.75, 3.05) is 13.1 Å². The number of halogens is 3. The second kappa shape index (κ2) is 7.64. The van der Waals surface area contributed by atoms with Crippen LogP contribution in [-0.4, -0.2) is 24.8 Å². The van der Waals surface area contributed by atoms with Crippen LogP contribution in [0, 0.1) is 5.92 Å². The zero-order chi connectivity index (χ0) is 18.7. The normalized spacial score (nSPS) is 17.8. The predicted octanol–water partition coefficient (Wildman–Crippen LogP) is 4.27. The third kappa shape index (κ3) is 5.92. The van der Waals surface area contributed by atoms with E-state index in [0.717, 1.165) is 38.1 Å². The van der Waals surface area contributed by atoms with Gasteiger partial charge in [-0.15, -0.1) is 0 Å². The van der Waals surface area contributed by atoms with Crippen LogP contribution in [0.25, 0.3) is 0 Å². The molecule has 1 aromatic rings. The van der Waals surface area contributed by atoms with Crippen LogP contribution in [0.2, 0.25) is 0 Å². The lowest BCUT2D eigenvalue weighted by molar-refractivity contribution is -0.137. The van der Waals surface area contributed by atoms with E-state index >= 15 is 0 Å². The number of hydrogen-bond acceptors (Lipinski definition) is 3. The van der Waals surface area contributed by atoms with E-state index in [1.54, 1.807) is 20.8 Å². The number of alkyl halides is 3. The molecule has 1 aliphatic rings. The lowest BCUT2D eigenvalue weighted by Gasteiger charge is -2.32. The Balaban J connectivity index is 2.20. The Hall–Kier alpha value is -1.76. The summed E-state index contributed by atoms with van der Waals surface area (Å²) in [5.41, 5.74) is -0.675. The van der Waals surface area contributed by atoms with Gasteiger partial charge in [-0.3, -0.25) is 0 Å². The van der Waals surface area contributed by atoms with E-state index in [1.807, 2.05) is 0 Å². The number of alkyl carbamates (subject to hydrolysis) is 1. The van der Waals surface area contributed by atoms with Crippen molar-refractivity contribution in [1.29, 1.82) is 0 Å². The Morgan fingerprint density at radius 1 is 1.16 bits per heavy atom. The fraction of sp³-hybridized carbons (Fsp3) is 0.611. The third-order valence-electron chi connectivity index (χ3n) is 4.12. The first-order valence-electron chi connectivity index (χ1n) is 8.43. The van der Waals surface area contributed by atoms with Crippen LogP contribution in [-0.2, 0) is 10.9 Å². The van der Waals surface area contributed by atoms with Crippen LogP contribution in [0.4, 0.5) is 18.0 Å². The summed E-state index contributed by atoms with van der Waals surface area (Å²) in [7, 11) is 0. The van der Waals surface area contributed by atoms with E-state index < -0.39 is 23.4 Å². The highest BCUT2D eigenvalue weighted by atomic mass is 19.4. The Kier molecular flexibility index (Phi) is 5.98. The quantitative estimate of drug-likeness (QED) is 0.848. The topological polar surface area (TPSA) is 50.4 Å². The molecule has 1 unspecified atom stereocenters. The van der Waals surface area contributed by atoms with Gasteiger partial charge in [0.05, 0.1) is 11.6 Å². The maximum atomic E-state index is 12.8. The van der Waals surface area contributed by atoms with Crippen molar-refractivity contribution < 1.29 is 22.7 Å². The fourth-order valence-electron chi connectivity index (χ4n) is 2.96. The summed E-state index contributed by atoms with van der Waals surface area (Å²) < 4.78 is 43.6. The molecule has 1 heterocycles. The van der Waals surface area contributed by atoms with Crippen LogP contribution in [0.3, 0.4) is 0 Å². The van der Waals surface area contributed by atoms with E-state index in [9.17, 15) is 18.0 Å². The Morgan fingerprint density at radius 2 is 1.72 bits per heavy atom. The van der Waals surface area contributed by atoms with Crippen LogP contribution in [0.15, 0.2) is 24.3 Å². The summed E-state index contributed by atoms with van der Waals surface area (Å²) >= 11 is 0. The van der Waals surface area contributed by atoms with Crippen molar-refractivity contribution in [3.8, 4) is 0 Å². The first-order valence-corrected chi connectivity index (χ1v) is 8.43. The van der Waals surface area contributed by atoms with Crippen LogP contribution in [0.5, 0.6) is 0 Å². The maximum Gasteiger partial charge on any atom is 0.416 e. The molecule has 25 heavy (non-hydrogen) atoms. The summed E-state index contributed by atoms with van der Waals surface area (Å²) in [5, 5.41) is 6.10. The molecule has 0 aromatic heterocycles. The third-order valence-corrected chi connectivity index (χ3v) is 4.12. The summed E-state index contributed by atoms with van der Waals surface area (Å²) in [4.78, 5) is 12.2. The molecule has 2 rings (SSSR count). The molecule has 1 amide bonds. The highest BCUT2D eigenvalue weighted by molar-refractivity contribution is 5.68. The van der Waals surface area contributed by atoms with Crippen molar-refractivity contribution in [3.63, 3.8) is 0 Å². The second-order valence-corrected chi connectivity index (χ2v) is 7.33. The number of hydrogen-bond donors (Lipinski definition) is 2. The average molecular weight is 358 g/mol. The first-order chi connectivity index (χ1) is 11.6. The van der Waals surface area contributed by atoms with Gasteiger partial charge in [0.2, 0.25) is 0 Å². The van der Waals surface area contributed by atoms with Gasteiger partial charge in [-0.25, -0.2) is 4.79 Å². The number of rotatable bonds is 3. The molecule has 2 N–H and O–H groups in total. The largest absolute Gasteiger partial charge is 0.444 e. The van der Waals surface area contributed by atoms with Gasteiger partial charge < -0.3 is 15.4 Å². The van der Waals surface area contributed by atoms with Crippen molar-refractivity contribution >= 4 is 6.09 Å². The van der Waals surface area contributed by atoms with E-state index in [0.29, 0.717) is 5.56 Å². The van der Waals surface area contributed by atoms with Gasteiger partial charge in [-0.2, -0.15) is 13.2 Å². The molecule has 140 valence electrons. The molecule has 0 spiro atoms. The van der Waals surface area contributed by atoms with Crippen LogP contribution in [0.1, 0.15) is 50.8 Å². The van der Waals surface area contributed by atoms with Crippen LogP contribution >= 0.6 is 0 Å². The molecule has 1 saturated heterocycles. The number of carbonyl (C=O) groups is 1. The van der Waals surface area contributed by atoms with Crippen molar-refractivity contribution in [2.24, 2.45) is 5.92 Å². The zero-order valence-electron chi connectivity index (χ0n) is 14.7. The van der Waals surface area contributed by atoms with Crippen molar-refractivity contribution in [2.45, 2.75) is 51.4 Å². The molecule has 0 aliphatic carbocycles. The van der Waals surface area contributed by atoms with Gasteiger partial charge in [0.25, 0.3) is 0 Å². The molecule has 1 aliphatic heterocycles. The molecule has 7 heteroatoms. The van der Waals surface area contributed by atoms with Gasteiger partial charge in [0.15, 0.2) is 0 Å². The molecular formula is C18H25F3N2O2. The van der Waals surface area contributed by atoms with Crippen molar-refractivity contribution in [3.05, 3.63) is 35.4 Å². The number of carbonyl (C=O) groups excluding carboxylic acids is 1. The summed E-state index contributed by atoms with van der Waals surface area (Å²) in [6.07, 6.45) is -3.26.